The first-order valence-corrected chi connectivity index (χ1v) is 5.11. The van der Waals surface area contributed by atoms with Gasteiger partial charge in [-0.05, 0) is 37.1 Å². The van der Waals surface area contributed by atoms with Crippen molar-refractivity contribution in [3.05, 3.63) is 29.3 Å². The van der Waals surface area contributed by atoms with Crippen molar-refractivity contribution in [2.24, 2.45) is 0 Å². The Bertz CT molecular complexity index is 299. The summed E-state index contributed by atoms with van der Waals surface area (Å²) in [5.41, 5.74) is 2.41. The van der Waals surface area contributed by atoms with E-state index in [1.165, 1.54) is 11.1 Å². The zero-order valence-corrected chi connectivity index (χ0v) is 9.21. The highest BCUT2D eigenvalue weighted by Gasteiger charge is 2.03. The number of aliphatic hydroxyl groups excluding tert-OH is 1. The molecule has 2 nitrogen and oxygen atoms in total. The Morgan fingerprint density at radius 3 is 2.64 bits per heavy atom. The Labute approximate surface area is 89.5 Å². The molecule has 0 amide bonds. The first-order valence-electron chi connectivity index (χ1n) is 4.57. The van der Waals surface area contributed by atoms with E-state index >= 15 is 0 Å². The summed E-state index contributed by atoms with van der Waals surface area (Å²) in [6.45, 7) is 4.32. The lowest BCUT2D eigenvalue weighted by Crippen LogP contribution is -2.18. The van der Waals surface area contributed by atoms with Gasteiger partial charge in [-0.15, -0.1) is 11.6 Å². The molecule has 1 rings (SSSR count). The summed E-state index contributed by atoms with van der Waals surface area (Å²) in [4.78, 5) is 0. The Morgan fingerprint density at radius 2 is 2.07 bits per heavy atom. The first-order chi connectivity index (χ1) is 6.63. The molecule has 0 aromatic heterocycles. The summed E-state index contributed by atoms with van der Waals surface area (Å²) < 4.78 is 5.36. The van der Waals surface area contributed by atoms with Gasteiger partial charge in [0.15, 0.2) is 0 Å². The minimum absolute atomic E-state index is 0.199. The molecule has 1 aromatic carbocycles. The lowest BCUT2D eigenvalue weighted by Gasteiger charge is -2.10. The van der Waals surface area contributed by atoms with Gasteiger partial charge in [0.2, 0.25) is 0 Å². The van der Waals surface area contributed by atoms with Crippen LogP contribution in [0.3, 0.4) is 0 Å². The predicted octanol–water partition coefficient (Wildman–Crippen LogP) is 2.28. The molecule has 0 fully saturated rings. The van der Waals surface area contributed by atoms with Crippen LogP contribution in [0.5, 0.6) is 5.75 Å². The molecule has 0 saturated carbocycles. The number of ether oxygens (including phenoxy) is 1. The van der Waals surface area contributed by atoms with Crippen LogP contribution >= 0.6 is 11.6 Å². The average molecular weight is 215 g/mol. The van der Waals surface area contributed by atoms with Crippen LogP contribution in [0.2, 0.25) is 0 Å². The molecule has 1 N–H and O–H groups in total. The summed E-state index contributed by atoms with van der Waals surface area (Å²) >= 11 is 5.44. The fourth-order valence-electron chi connectivity index (χ4n) is 1.04. The molecule has 14 heavy (non-hydrogen) atoms. The zero-order valence-electron chi connectivity index (χ0n) is 8.46. The van der Waals surface area contributed by atoms with Crippen molar-refractivity contribution in [3.8, 4) is 5.75 Å². The number of alkyl halides is 1. The van der Waals surface area contributed by atoms with Crippen molar-refractivity contribution >= 4 is 11.6 Å². The summed E-state index contributed by atoms with van der Waals surface area (Å²) in [6.07, 6.45) is -0.599. The van der Waals surface area contributed by atoms with E-state index in [-0.39, 0.29) is 12.5 Å². The third-order valence-electron chi connectivity index (χ3n) is 2.10. The van der Waals surface area contributed by atoms with Crippen LogP contribution in [-0.4, -0.2) is 23.7 Å². The largest absolute Gasteiger partial charge is 0.491 e. The summed E-state index contributed by atoms with van der Waals surface area (Å²) in [6, 6.07) is 5.84. The van der Waals surface area contributed by atoms with Gasteiger partial charge in [-0.25, -0.2) is 0 Å². The van der Waals surface area contributed by atoms with E-state index in [1.807, 2.05) is 32.0 Å². The van der Waals surface area contributed by atoms with Crippen molar-refractivity contribution in [2.75, 3.05) is 12.5 Å². The van der Waals surface area contributed by atoms with Crippen molar-refractivity contribution in [1.82, 2.24) is 0 Å². The third kappa shape index (κ3) is 3.20. The van der Waals surface area contributed by atoms with Crippen molar-refractivity contribution in [1.29, 1.82) is 0 Å². The summed E-state index contributed by atoms with van der Waals surface area (Å²) in [7, 11) is 0. The highest BCUT2D eigenvalue weighted by Crippen LogP contribution is 2.16. The number of hydrogen-bond acceptors (Lipinski definition) is 2. The first kappa shape index (κ1) is 11.3. The molecule has 0 aliphatic carbocycles. The molecular formula is C11H15ClO2. The lowest BCUT2D eigenvalue weighted by atomic mass is 10.1. The second-order valence-electron chi connectivity index (χ2n) is 3.37. The quantitative estimate of drug-likeness (QED) is 0.780. The molecule has 1 atom stereocenters. The van der Waals surface area contributed by atoms with Crippen LogP contribution in [0.4, 0.5) is 0 Å². The van der Waals surface area contributed by atoms with Crippen molar-refractivity contribution in [3.63, 3.8) is 0 Å². The Balaban J connectivity index is 2.55. The fourth-order valence-corrected chi connectivity index (χ4v) is 1.13. The monoisotopic (exact) mass is 214 g/mol. The van der Waals surface area contributed by atoms with Gasteiger partial charge >= 0.3 is 0 Å². The third-order valence-corrected chi connectivity index (χ3v) is 2.46. The van der Waals surface area contributed by atoms with Gasteiger partial charge in [0, 0.05) is 0 Å². The maximum atomic E-state index is 9.19. The summed E-state index contributed by atoms with van der Waals surface area (Å²) in [5.74, 6) is 0.974. The molecule has 0 aliphatic heterocycles. The number of aryl methyl sites for hydroxylation is 2. The Hall–Kier alpha value is -0.730. The maximum Gasteiger partial charge on any atom is 0.119 e. The number of rotatable bonds is 4. The van der Waals surface area contributed by atoms with Crippen LogP contribution < -0.4 is 4.74 Å². The van der Waals surface area contributed by atoms with Crippen LogP contribution in [0, 0.1) is 13.8 Å². The van der Waals surface area contributed by atoms with E-state index in [4.69, 9.17) is 16.3 Å². The van der Waals surface area contributed by atoms with Gasteiger partial charge in [0.1, 0.15) is 18.5 Å². The molecule has 0 heterocycles. The molecule has 0 bridgehead atoms. The van der Waals surface area contributed by atoms with E-state index in [9.17, 15) is 5.11 Å². The zero-order chi connectivity index (χ0) is 10.6. The Morgan fingerprint density at radius 1 is 1.36 bits per heavy atom. The molecule has 0 aliphatic rings. The molecule has 0 spiro atoms. The van der Waals surface area contributed by atoms with Gasteiger partial charge in [-0.3, -0.25) is 0 Å². The number of halogens is 1. The predicted molar refractivity (Wildman–Crippen MR) is 58.1 cm³/mol. The normalized spacial score (nSPS) is 12.6. The lowest BCUT2D eigenvalue weighted by molar-refractivity contribution is 0.125. The van der Waals surface area contributed by atoms with E-state index in [1.54, 1.807) is 0 Å². The molecule has 0 radical (unpaired) electrons. The molecule has 78 valence electrons. The second kappa shape index (κ2) is 5.23. The highest BCUT2D eigenvalue weighted by molar-refractivity contribution is 6.18. The van der Waals surface area contributed by atoms with Crippen molar-refractivity contribution in [2.45, 2.75) is 20.0 Å². The fraction of sp³-hybridized carbons (Fsp3) is 0.455. The topological polar surface area (TPSA) is 29.5 Å². The van der Waals surface area contributed by atoms with Crippen LogP contribution in [0.1, 0.15) is 11.1 Å². The Kier molecular flexibility index (Phi) is 4.23. The van der Waals surface area contributed by atoms with E-state index in [2.05, 4.69) is 0 Å². The maximum absolute atomic E-state index is 9.19. The second-order valence-corrected chi connectivity index (χ2v) is 3.67. The van der Waals surface area contributed by atoms with Crippen LogP contribution in [0.15, 0.2) is 18.2 Å². The molecular weight excluding hydrogens is 200 g/mol. The van der Waals surface area contributed by atoms with Crippen molar-refractivity contribution < 1.29 is 9.84 Å². The van der Waals surface area contributed by atoms with Gasteiger partial charge in [0.25, 0.3) is 0 Å². The standard InChI is InChI=1S/C11H15ClO2/c1-8-3-4-11(5-9(8)2)14-7-10(13)6-12/h3-5,10,13H,6-7H2,1-2H3. The SMILES string of the molecule is Cc1ccc(OCC(O)CCl)cc1C. The van der Waals surface area contributed by atoms with Crippen LogP contribution in [-0.2, 0) is 0 Å². The number of hydrogen-bond donors (Lipinski definition) is 1. The minimum atomic E-state index is -0.599. The average Bonchev–Trinajstić information content (AvgIpc) is 2.19. The number of benzene rings is 1. The van der Waals surface area contributed by atoms with Gasteiger partial charge in [0.05, 0.1) is 5.88 Å². The van der Waals surface area contributed by atoms with Crippen LogP contribution in [0.25, 0.3) is 0 Å². The van der Waals surface area contributed by atoms with Gasteiger partial charge in [-0.1, -0.05) is 6.07 Å². The number of aliphatic hydroxyl groups is 1. The minimum Gasteiger partial charge on any atom is -0.491 e. The molecule has 3 heteroatoms. The van der Waals surface area contributed by atoms with Gasteiger partial charge in [-0.2, -0.15) is 0 Å². The highest BCUT2D eigenvalue weighted by atomic mass is 35.5. The van der Waals surface area contributed by atoms with E-state index in [0.717, 1.165) is 5.75 Å². The molecule has 1 aromatic rings. The molecule has 1 unspecified atom stereocenters. The molecule has 0 saturated heterocycles. The summed E-state index contributed by atoms with van der Waals surface area (Å²) in [5, 5.41) is 9.19. The van der Waals surface area contributed by atoms with E-state index in [0.29, 0.717) is 0 Å². The smallest absolute Gasteiger partial charge is 0.119 e. The van der Waals surface area contributed by atoms with E-state index < -0.39 is 6.10 Å². The van der Waals surface area contributed by atoms with Gasteiger partial charge < -0.3 is 9.84 Å².